The fourth-order valence-electron chi connectivity index (χ4n) is 3.73. The lowest BCUT2D eigenvalue weighted by Crippen LogP contribution is -2.06. The first-order valence-corrected chi connectivity index (χ1v) is 12.8. The van der Waals surface area contributed by atoms with E-state index in [2.05, 4.69) is 19.0 Å². The van der Waals surface area contributed by atoms with E-state index in [1.54, 1.807) is 17.8 Å². The Balaban J connectivity index is 1.44. The zero-order valence-corrected chi connectivity index (χ0v) is 21.7. The molecule has 3 aromatic carbocycles. The maximum atomic E-state index is 12.9. The molecule has 5 nitrogen and oxygen atoms in total. The molecule has 0 saturated heterocycles. The number of furan rings is 1. The van der Waals surface area contributed by atoms with Gasteiger partial charge in [0.2, 0.25) is 5.78 Å². The van der Waals surface area contributed by atoms with Crippen molar-refractivity contribution in [2.75, 3.05) is 0 Å². The van der Waals surface area contributed by atoms with Gasteiger partial charge in [-0.2, -0.15) is 0 Å². The Kier molecular flexibility index (Phi) is 8.06. The Morgan fingerprint density at radius 1 is 0.917 bits per heavy atom. The molecule has 0 atom stereocenters. The van der Waals surface area contributed by atoms with Gasteiger partial charge in [-0.25, -0.2) is 4.79 Å². The summed E-state index contributed by atoms with van der Waals surface area (Å²) < 4.78 is 5.76. The first-order valence-electron chi connectivity index (χ1n) is 12.0. The molecule has 1 heterocycles. The fourth-order valence-corrected chi connectivity index (χ4v) is 4.55. The van der Waals surface area contributed by atoms with Crippen LogP contribution in [0.5, 0.6) is 0 Å². The van der Waals surface area contributed by atoms with Gasteiger partial charge in [-0.15, -0.1) is 0 Å². The Bertz CT molecular complexity index is 1400. The van der Waals surface area contributed by atoms with Crippen molar-refractivity contribution in [3.8, 4) is 0 Å². The van der Waals surface area contributed by atoms with E-state index in [0.29, 0.717) is 22.8 Å². The van der Waals surface area contributed by atoms with Crippen molar-refractivity contribution in [3.63, 3.8) is 0 Å². The molecule has 6 heteroatoms. The van der Waals surface area contributed by atoms with E-state index in [4.69, 9.17) is 9.25 Å². The molecule has 0 amide bonds. The van der Waals surface area contributed by atoms with Crippen LogP contribution in [-0.4, -0.2) is 17.5 Å². The van der Waals surface area contributed by atoms with Crippen molar-refractivity contribution < 1.29 is 18.8 Å². The van der Waals surface area contributed by atoms with Crippen molar-refractivity contribution in [1.29, 1.82) is 0 Å². The zero-order chi connectivity index (χ0) is 25.7. The second-order valence-electron chi connectivity index (χ2n) is 9.19. The minimum absolute atomic E-state index is 0.134. The second-order valence-corrected chi connectivity index (χ2v) is 10.3. The number of hydrogen-bond acceptors (Lipinski definition) is 6. The molecule has 36 heavy (non-hydrogen) atoms. The SMILES string of the molecule is CC(=O)O/N=C(/CCC(C)C)c1ccc(Sc2ccc(C(=O)c3cc4cc(C)ccc4o3)cc2)cc1. The van der Waals surface area contributed by atoms with Crippen molar-refractivity contribution >= 4 is 40.2 Å². The highest BCUT2D eigenvalue weighted by Gasteiger charge is 2.15. The van der Waals surface area contributed by atoms with E-state index in [-0.39, 0.29) is 5.78 Å². The van der Waals surface area contributed by atoms with Crippen LogP contribution in [0.25, 0.3) is 11.0 Å². The third-order valence-electron chi connectivity index (χ3n) is 5.68. The van der Waals surface area contributed by atoms with Gasteiger partial charge in [-0.1, -0.05) is 54.5 Å². The number of aryl methyl sites for hydroxylation is 1. The molecule has 0 unspecified atom stereocenters. The highest BCUT2D eigenvalue weighted by Crippen LogP contribution is 2.29. The molecule has 0 N–H and O–H groups in total. The number of ketones is 1. The number of nitrogens with zero attached hydrogens (tertiary/aromatic N) is 1. The molecule has 0 fully saturated rings. The normalized spacial score (nSPS) is 11.8. The summed E-state index contributed by atoms with van der Waals surface area (Å²) in [5.74, 6) is 0.302. The average Bonchev–Trinajstić information content (AvgIpc) is 3.28. The van der Waals surface area contributed by atoms with E-state index in [1.807, 2.05) is 73.7 Å². The van der Waals surface area contributed by atoms with Gasteiger partial charge >= 0.3 is 5.97 Å². The lowest BCUT2D eigenvalue weighted by atomic mass is 10.0. The highest BCUT2D eigenvalue weighted by atomic mass is 32.2. The predicted octanol–water partition coefficient (Wildman–Crippen LogP) is 7.83. The number of carbonyl (C=O) groups is 2. The first kappa shape index (κ1) is 25.5. The van der Waals surface area contributed by atoms with Crippen molar-refractivity contribution in [2.24, 2.45) is 11.1 Å². The van der Waals surface area contributed by atoms with Crippen molar-refractivity contribution in [2.45, 2.75) is 50.3 Å². The molecule has 0 bridgehead atoms. The molecule has 1 aromatic heterocycles. The number of hydrogen-bond donors (Lipinski definition) is 0. The number of oxime groups is 1. The van der Waals surface area contributed by atoms with Crippen LogP contribution < -0.4 is 0 Å². The van der Waals surface area contributed by atoms with Gasteiger partial charge in [0, 0.05) is 27.7 Å². The van der Waals surface area contributed by atoms with Crippen LogP contribution in [-0.2, 0) is 9.63 Å². The molecule has 0 spiro atoms. The Hall–Kier alpha value is -3.64. The topological polar surface area (TPSA) is 68.9 Å². The van der Waals surface area contributed by atoms with Gasteiger partial charge in [0.1, 0.15) is 5.58 Å². The molecular weight excluding hydrogens is 470 g/mol. The van der Waals surface area contributed by atoms with Crippen molar-refractivity contribution in [3.05, 3.63) is 95.2 Å². The number of rotatable bonds is 9. The summed E-state index contributed by atoms with van der Waals surface area (Å²) in [4.78, 5) is 31.1. The minimum atomic E-state index is -0.429. The average molecular weight is 500 g/mol. The molecule has 0 aliphatic heterocycles. The molecule has 0 saturated carbocycles. The van der Waals surface area contributed by atoms with Crippen molar-refractivity contribution in [1.82, 2.24) is 0 Å². The third kappa shape index (κ3) is 6.52. The smallest absolute Gasteiger partial charge is 0.331 e. The van der Waals surface area contributed by atoms with Gasteiger partial charge in [0.05, 0.1) is 5.71 Å². The van der Waals surface area contributed by atoms with Crippen LogP contribution in [0.15, 0.2) is 92.2 Å². The fraction of sp³-hybridized carbons (Fsp3) is 0.233. The highest BCUT2D eigenvalue weighted by molar-refractivity contribution is 7.99. The number of benzene rings is 3. The Morgan fingerprint density at radius 3 is 2.17 bits per heavy atom. The summed E-state index contributed by atoms with van der Waals surface area (Å²) in [6.07, 6.45) is 1.69. The van der Waals surface area contributed by atoms with Gasteiger partial charge < -0.3 is 9.25 Å². The van der Waals surface area contributed by atoms with E-state index in [1.165, 1.54) is 6.92 Å². The number of fused-ring (bicyclic) bond motifs is 1. The quantitative estimate of drug-likeness (QED) is 0.102. The summed E-state index contributed by atoms with van der Waals surface area (Å²) in [5.41, 5.74) is 4.12. The number of carbonyl (C=O) groups excluding carboxylic acids is 2. The van der Waals surface area contributed by atoms with Crippen LogP contribution in [0.2, 0.25) is 0 Å². The zero-order valence-electron chi connectivity index (χ0n) is 20.9. The summed E-state index contributed by atoms with van der Waals surface area (Å²) in [6, 6.07) is 23.2. The summed E-state index contributed by atoms with van der Waals surface area (Å²) in [6.45, 7) is 7.67. The van der Waals surface area contributed by atoms with Gasteiger partial charge in [-0.05, 0) is 85.8 Å². The third-order valence-corrected chi connectivity index (χ3v) is 6.69. The first-order chi connectivity index (χ1) is 17.3. The van der Waals surface area contributed by atoms with Crippen LogP contribution in [0.4, 0.5) is 0 Å². The summed E-state index contributed by atoms with van der Waals surface area (Å²) in [7, 11) is 0. The standard InChI is InChI=1S/C30H29NO4S/c1-19(2)5-15-27(31-35-21(4)32)22-7-11-25(12-8-22)36-26-13-9-23(10-14-26)30(33)29-18-24-17-20(3)6-16-28(24)34-29/h6-14,16-19H,5,15H2,1-4H3/b31-27-. The van der Waals surface area contributed by atoms with Crippen LogP contribution in [0.1, 0.15) is 60.9 Å². The second kappa shape index (κ2) is 11.4. The maximum absolute atomic E-state index is 12.9. The van der Waals surface area contributed by atoms with Gasteiger partial charge in [0.15, 0.2) is 5.76 Å². The van der Waals surface area contributed by atoms with Crippen LogP contribution >= 0.6 is 11.8 Å². The Labute approximate surface area is 215 Å². The minimum Gasteiger partial charge on any atom is -0.453 e. The van der Waals surface area contributed by atoms with E-state index in [0.717, 1.165) is 44.9 Å². The molecule has 4 rings (SSSR count). The van der Waals surface area contributed by atoms with Crippen LogP contribution in [0, 0.1) is 12.8 Å². The molecule has 0 aliphatic rings. The molecule has 184 valence electrons. The van der Waals surface area contributed by atoms with Gasteiger partial charge in [-0.3, -0.25) is 4.79 Å². The lowest BCUT2D eigenvalue weighted by Gasteiger charge is -2.09. The van der Waals surface area contributed by atoms with E-state index < -0.39 is 5.97 Å². The van der Waals surface area contributed by atoms with E-state index in [9.17, 15) is 9.59 Å². The Morgan fingerprint density at radius 2 is 1.56 bits per heavy atom. The largest absolute Gasteiger partial charge is 0.453 e. The molecule has 0 aliphatic carbocycles. The van der Waals surface area contributed by atoms with Gasteiger partial charge in [0.25, 0.3) is 0 Å². The maximum Gasteiger partial charge on any atom is 0.331 e. The van der Waals surface area contributed by atoms with Crippen LogP contribution in [0.3, 0.4) is 0 Å². The molecule has 4 aromatic rings. The summed E-state index contributed by atoms with van der Waals surface area (Å²) >= 11 is 1.61. The predicted molar refractivity (Wildman–Crippen MR) is 144 cm³/mol. The van der Waals surface area contributed by atoms with E-state index >= 15 is 0 Å². The molecular formula is C30H29NO4S. The monoisotopic (exact) mass is 499 g/mol. The lowest BCUT2D eigenvalue weighted by molar-refractivity contribution is -0.140. The molecule has 0 radical (unpaired) electrons. The summed E-state index contributed by atoms with van der Waals surface area (Å²) in [5, 5.41) is 5.00.